The van der Waals surface area contributed by atoms with E-state index in [1.807, 2.05) is 17.2 Å². The summed E-state index contributed by atoms with van der Waals surface area (Å²) in [5, 5.41) is 1.16. The Balaban J connectivity index is 1.33. The summed E-state index contributed by atoms with van der Waals surface area (Å²) in [6, 6.07) is 9.87. The molecule has 0 atom stereocenters. The fourth-order valence-corrected chi connectivity index (χ4v) is 3.55. The number of amides is 1. The number of hydrogen-bond acceptors (Lipinski definition) is 3. The number of likely N-dealkylation sites (tertiary alicyclic amines) is 1. The highest BCUT2D eigenvalue weighted by molar-refractivity contribution is 5.80. The molecule has 0 spiro atoms. The fourth-order valence-electron chi connectivity index (χ4n) is 3.55. The molecule has 1 aliphatic rings. The van der Waals surface area contributed by atoms with Crippen molar-refractivity contribution in [2.45, 2.75) is 18.8 Å². The van der Waals surface area contributed by atoms with Crippen LogP contribution in [-0.4, -0.2) is 40.5 Å². The number of pyridine rings is 1. The lowest BCUT2D eigenvalue weighted by Gasteiger charge is -2.32. The molecule has 0 saturated carbocycles. The zero-order chi connectivity index (χ0) is 17.9. The molecular formula is C20H20FN3O2. The maximum Gasteiger partial charge on any atom is 0.260 e. The zero-order valence-electron chi connectivity index (χ0n) is 14.3. The van der Waals surface area contributed by atoms with Gasteiger partial charge in [-0.25, -0.2) is 9.37 Å². The first-order valence-corrected chi connectivity index (χ1v) is 8.79. The van der Waals surface area contributed by atoms with Gasteiger partial charge < -0.3 is 14.6 Å². The smallest absolute Gasteiger partial charge is 0.260 e. The van der Waals surface area contributed by atoms with E-state index in [1.54, 1.807) is 18.3 Å². The average molecular weight is 353 g/mol. The number of rotatable bonds is 4. The lowest BCUT2D eigenvalue weighted by molar-refractivity contribution is -0.134. The summed E-state index contributed by atoms with van der Waals surface area (Å²) >= 11 is 0. The molecule has 0 bridgehead atoms. The van der Waals surface area contributed by atoms with Gasteiger partial charge in [-0.1, -0.05) is 6.07 Å². The van der Waals surface area contributed by atoms with Crippen LogP contribution in [0.5, 0.6) is 5.75 Å². The SMILES string of the molecule is O=C(COc1cccc(F)c1)N1CCC(c2c[nH]c3ncccc23)CC1. The van der Waals surface area contributed by atoms with Gasteiger partial charge in [-0.3, -0.25) is 4.79 Å². The number of fused-ring (bicyclic) bond motifs is 1. The fraction of sp³-hybridized carbons (Fsp3) is 0.300. The molecule has 1 aliphatic heterocycles. The van der Waals surface area contributed by atoms with E-state index in [-0.39, 0.29) is 18.3 Å². The Labute approximate surface area is 150 Å². The Morgan fingerprint density at radius 1 is 1.27 bits per heavy atom. The molecule has 0 radical (unpaired) electrons. The third kappa shape index (κ3) is 3.40. The van der Waals surface area contributed by atoms with Crippen molar-refractivity contribution < 1.29 is 13.9 Å². The minimum atomic E-state index is -0.371. The van der Waals surface area contributed by atoms with Crippen LogP contribution >= 0.6 is 0 Å². The number of carbonyl (C=O) groups excluding carboxylic acids is 1. The van der Waals surface area contributed by atoms with Gasteiger partial charge in [0.15, 0.2) is 6.61 Å². The molecule has 4 rings (SSSR count). The van der Waals surface area contributed by atoms with Crippen LogP contribution in [0.3, 0.4) is 0 Å². The summed E-state index contributed by atoms with van der Waals surface area (Å²) in [4.78, 5) is 21.7. The first-order chi connectivity index (χ1) is 12.7. The van der Waals surface area contributed by atoms with Crippen LogP contribution in [0.4, 0.5) is 4.39 Å². The second kappa shape index (κ2) is 7.15. The molecule has 1 saturated heterocycles. The van der Waals surface area contributed by atoms with Crippen LogP contribution in [0.25, 0.3) is 11.0 Å². The second-order valence-electron chi connectivity index (χ2n) is 6.54. The lowest BCUT2D eigenvalue weighted by atomic mass is 9.89. The van der Waals surface area contributed by atoms with Gasteiger partial charge in [-0.05, 0) is 48.6 Å². The quantitative estimate of drug-likeness (QED) is 0.781. The predicted octanol–water partition coefficient (Wildman–Crippen LogP) is 3.49. The Morgan fingerprint density at radius 3 is 2.92 bits per heavy atom. The van der Waals surface area contributed by atoms with Crippen molar-refractivity contribution in [3.63, 3.8) is 0 Å². The molecular weight excluding hydrogens is 333 g/mol. The van der Waals surface area contributed by atoms with E-state index in [4.69, 9.17) is 4.74 Å². The number of aromatic nitrogens is 2. The van der Waals surface area contributed by atoms with Gasteiger partial charge in [0.05, 0.1) is 0 Å². The van der Waals surface area contributed by atoms with E-state index in [2.05, 4.69) is 16.0 Å². The molecule has 26 heavy (non-hydrogen) atoms. The normalized spacial score (nSPS) is 15.3. The second-order valence-corrected chi connectivity index (χ2v) is 6.54. The van der Waals surface area contributed by atoms with Crippen molar-refractivity contribution >= 4 is 16.9 Å². The maximum atomic E-state index is 13.2. The summed E-state index contributed by atoms with van der Waals surface area (Å²) in [6.45, 7) is 1.33. The molecule has 0 aliphatic carbocycles. The molecule has 1 aromatic carbocycles. The van der Waals surface area contributed by atoms with Gasteiger partial charge >= 0.3 is 0 Å². The van der Waals surface area contributed by atoms with Crippen molar-refractivity contribution in [1.29, 1.82) is 0 Å². The molecule has 6 heteroatoms. The Morgan fingerprint density at radius 2 is 2.12 bits per heavy atom. The predicted molar refractivity (Wildman–Crippen MR) is 96.5 cm³/mol. The topological polar surface area (TPSA) is 58.2 Å². The van der Waals surface area contributed by atoms with Gasteiger partial charge in [0.2, 0.25) is 0 Å². The summed E-state index contributed by atoms with van der Waals surface area (Å²) in [5.74, 6) is 0.359. The number of H-pyrrole nitrogens is 1. The Hall–Kier alpha value is -2.89. The Bertz CT molecular complexity index is 916. The first kappa shape index (κ1) is 16.6. The van der Waals surface area contributed by atoms with Crippen molar-refractivity contribution in [3.8, 4) is 5.75 Å². The van der Waals surface area contributed by atoms with Crippen LogP contribution < -0.4 is 4.74 Å². The highest BCUT2D eigenvalue weighted by Crippen LogP contribution is 2.32. The van der Waals surface area contributed by atoms with E-state index >= 15 is 0 Å². The van der Waals surface area contributed by atoms with E-state index in [0.29, 0.717) is 24.8 Å². The van der Waals surface area contributed by atoms with E-state index < -0.39 is 0 Å². The van der Waals surface area contributed by atoms with Gasteiger partial charge in [0.25, 0.3) is 5.91 Å². The van der Waals surface area contributed by atoms with Crippen LogP contribution in [0.15, 0.2) is 48.8 Å². The van der Waals surface area contributed by atoms with Crippen LogP contribution in [0, 0.1) is 5.82 Å². The monoisotopic (exact) mass is 353 g/mol. The molecule has 3 aromatic rings. The number of piperidine rings is 1. The third-order valence-electron chi connectivity index (χ3n) is 4.93. The number of carbonyl (C=O) groups is 1. The standard InChI is InChI=1S/C20H20FN3O2/c21-15-3-1-4-16(11-15)26-13-19(25)24-9-6-14(7-10-24)18-12-23-20-17(18)5-2-8-22-20/h1-5,8,11-12,14H,6-7,9-10,13H2,(H,22,23). The van der Waals surface area contributed by atoms with Crippen molar-refractivity contribution in [1.82, 2.24) is 14.9 Å². The Kier molecular flexibility index (Phi) is 4.56. The highest BCUT2D eigenvalue weighted by atomic mass is 19.1. The van der Waals surface area contributed by atoms with E-state index in [9.17, 15) is 9.18 Å². The molecule has 134 valence electrons. The molecule has 1 fully saturated rings. The third-order valence-corrected chi connectivity index (χ3v) is 4.93. The average Bonchev–Trinajstić information content (AvgIpc) is 3.10. The number of benzene rings is 1. The van der Waals surface area contributed by atoms with E-state index in [1.165, 1.54) is 17.7 Å². The summed E-state index contributed by atoms with van der Waals surface area (Å²) in [5.41, 5.74) is 2.18. The zero-order valence-corrected chi connectivity index (χ0v) is 14.3. The van der Waals surface area contributed by atoms with Crippen molar-refractivity contribution in [2.75, 3.05) is 19.7 Å². The molecule has 5 nitrogen and oxygen atoms in total. The van der Waals surface area contributed by atoms with Gasteiger partial charge in [-0.15, -0.1) is 0 Å². The number of nitrogens with one attached hydrogen (secondary N) is 1. The molecule has 2 aromatic heterocycles. The summed E-state index contributed by atoms with van der Waals surface area (Å²) in [6.07, 6.45) is 5.64. The lowest BCUT2D eigenvalue weighted by Crippen LogP contribution is -2.40. The number of aromatic amines is 1. The number of nitrogens with zero attached hydrogens (tertiary/aromatic N) is 2. The summed E-state index contributed by atoms with van der Waals surface area (Å²) < 4.78 is 18.6. The molecule has 3 heterocycles. The van der Waals surface area contributed by atoms with E-state index in [0.717, 1.165) is 23.9 Å². The van der Waals surface area contributed by atoms with Gasteiger partial charge in [0.1, 0.15) is 17.2 Å². The largest absolute Gasteiger partial charge is 0.484 e. The minimum absolute atomic E-state index is 0.0618. The molecule has 1 N–H and O–H groups in total. The number of ether oxygens (including phenoxy) is 1. The van der Waals surface area contributed by atoms with Crippen molar-refractivity contribution in [2.24, 2.45) is 0 Å². The maximum absolute atomic E-state index is 13.2. The van der Waals surface area contributed by atoms with Gasteiger partial charge in [0, 0.05) is 36.9 Å². The minimum Gasteiger partial charge on any atom is -0.484 e. The van der Waals surface area contributed by atoms with Gasteiger partial charge in [-0.2, -0.15) is 0 Å². The van der Waals surface area contributed by atoms with Crippen molar-refractivity contribution in [3.05, 3.63) is 60.2 Å². The summed E-state index contributed by atoms with van der Waals surface area (Å²) in [7, 11) is 0. The molecule has 1 amide bonds. The van der Waals surface area contributed by atoms with Crippen LogP contribution in [-0.2, 0) is 4.79 Å². The number of halogens is 1. The highest BCUT2D eigenvalue weighted by Gasteiger charge is 2.25. The first-order valence-electron chi connectivity index (χ1n) is 8.79. The molecule has 0 unspecified atom stereocenters. The number of hydrogen-bond donors (Lipinski definition) is 1. The van der Waals surface area contributed by atoms with Crippen LogP contribution in [0.2, 0.25) is 0 Å². The van der Waals surface area contributed by atoms with Crippen LogP contribution in [0.1, 0.15) is 24.3 Å².